The van der Waals surface area contributed by atoms with Gasteiger partial charge in [-0.1, -0.05) is 12.1 Å². The van der Waals surface area contributed by atoms with Gasteiger partial charge in [-0.25, -0.2) is 9.52 Å². The Morgan fingerprint density at radius 3 is 2.28 bits per heavy atom. The molecule has 0 bridgehead atoms. The molecule has 98 valence electrons. The van der Waals surface area contributed by atoms with Crippen LogP contribution in [0.3, 0.4) is 0 Å². The van der Waals surface area contributed by atoms with Crippen LogP contribution in [0.5, 0.6) is 5.75 Å². The predicted octanol–water partition coefficient (Wildman–Crippen LogP) is 1.39. The predicted molar refractivity (Wildman–Crippen MR) is 64.8 cm³/mol. The summed E-state index contributed by atoms with van der Waals surface area (Å²) in [4.78, 5) is 21.9. The number of hydrogen-bond acceptors (Lipinski definition) is 5. The van der Waals surface area contributed by atoms with Gasteiger partial charge in [0.1, 0.15) is 11.5 Å². The molecule has 1 aromatic carbocycles. The van der Waals surface area contributed by atoms with Gasteiger partial charge in [0.05, 0.1) is 0 Å². The number of ether oxygens (including phenoxy) is 1. The highest BCUT2D eigenvalue weighted by Crippen LogP contribution is 2.13. The number of carbonyl (C=O) groups excluding carboxylic acids is 2. The second-order valence-corrected chi connectivity index (χ2v) is 5.75. The molecule has 0 saturated heterocycles. The molecule has 0 aliphatic carbocycles. The van der Waals surface area contributed by atoms with Gasteiger partial charge in [0.25, 0.3) is 0 Å². The van der Waals surface area contributed by atoms with E-state index in [0.717, 1.165) is 5.56 Å². The summed E-state index contributed by atoms with van der Waals surface area (Å²) in [5, 5.41) is 0. The molecule has 1 rings (SSSR count). The molecule has 0 radical (unpaired) electrons. The maximum absolute atomic E-state index is 11.0. The summed E-state index contributed by atoms with van der Waals surface area (Å²) in [7, 11) is 0.635. The van der Waals surface area contributed by atoms with Gasteiger partial charge in [-0.05, 0) is 24.6 Å². The molecule has 0 unspecified atom stereocenters. The first-order valence-corrected chi connectivity index (χ1v) is 7.10. The molecule has 0 spiro atoms. The fraction of sp³-hybridized carbons (Fsp3) is 0.200. The highest BCUT2D eigenvalue weighted by Gasteiger charge is 2.12. The van der Waals surface area contributed by atoms with E-state index < -0.39 is 15.3 Å². The third-order valence-corrected chi connectivity index (χ3v) is 2.43. The molecule has 6 nitrogen and oxygen atoms in total. The van der Waals surface area contributed by atoms with E-state index in [1.54, 1.807) is 12.1 Å². The van der Waals surface area contributed by atoms with Crippen LogP contribution in [0.2, 0.25) is 0 Å². The van der Waals surface area contributed by atoms with Crippen molar-refractivity contribution < 1.29 is 22.7 Å². The zero-order valence-electron chi connectivity index (χ0n) is 9.34. The highest BCUT2D eigenvalue weighted by atomic mass is 35.7. The fourth-order valence-electron chi connectivity index (χ4n) is 1.19. The summed E-state index contributed by atoms with van der Waals surface area (Å²) in [6.45, 7) is 1.46. The van der Waals surface area contributed by atoms with Gasteiger partial charge in [0, 0.05) is 17.1 Å². The minimum Gasteiger partial charge on any atom is -0.410 e. The molecular formula is C10H10ClNO5S. The Morgan fingerprint density at radius 2 is 1.83 bits per heavy atom. The van der Waals surface area contributed by atoms with Gasteiger partial charge in [-0.3, -0.25) is 4.79 Å². The van der Waals surface area contributed by atoms with Crippen LogP contribution in [0.4, 0.5) is 4.79 Å². The average Bonchev–Trinajstić information content (AvgIpc) is 2.17. The van der Waals surface area contributed by atoms with Crippen molar-refractivity contribution in [3.05, 3.63) is 29.8 Å². The molecule has 0 fully saturated rings. The van der Waals surface area contributed by atoms with Crippen molar-refractivity contribution >= 4 is 31.8 Å². The van der Waals surface area contributed by atoms with Crippen LogP contribution in [-0.2, 0) is 20.5 Å². The molecule has 0 atom stereocenters. The van der Waals surface area contributed by atoms with Crippen molar-refractivity contribution in [3.63, 3.8) is 0 Å². The van der Waals surface area contributed by atoms with E-state index in [1.165, 1.54) is 23.8 Å². The number of ketones is 1. The SMILES string of the molecule is CC(=O)Cc1ccc(OC(=O)NS(=O)(=O)Cl)cc1. The first-order chi connectivity index (χ1) is 8.26. The second-order valence-electron chi connectivity index (χ2n) is 3.45. The van der Waals surface area contributed by atoms with E-state index in [1.807, 2.05) is 0 Å². The lowest BCUT2D eigenvalue weighted by Crippen LogP contribution is -2.29. The highest BCUT2D eigenvalue weighted by molar-refractivity contribution is 8.12. The van der Waals surface area contributed by atoms with Crippen LogP contribution >= 0.6 is 10.7 Å². The number of amides is 1. The largest absolute Gasteiger partial charge is 0.427 e. The monoisotopic (exact) mass is 291 g/mol. The van der Waals surface area contributed by atoms with E-state index >= 15 is 0 Å². The van der Waals surface area contributed by atoms with Gasteiger partial charge < -0.3 is 4.74 Å². The second kappa shape index (κ2) is 5.83. The molecule has 1 aromatic rings. The van der Waals surface area contributed by atoms with E-state index in [0.29, 0.717) is 0 Å². The number of halogens is 1. The Balaban J connectivity index is 2.64. The lowest BCUT2D eigenvalue weighted by Gasteiger charge is -2.04. The zero-order chi connectivity index (χ0) is 13.8. The summed E-state index contributed by atoms with van der Waals surface area (Å²) >= 11 is 0. The van der Waals surface area contributed by atoms with Crippen molar-refractivity contribution in [1.29, 1.82) is 0 Å². The molecule has 1 N–H and O–H groups in total. The number of carbonyl (C=O) groups is 2. The lowest BCUT2D eigenvalue weighted by atomic mass is 10.1. The summed E-state index contributed by atoms with van der Waals surface area (Å²) in [5.74, 6) is 0.148. The molecule has 18 heavy (non-hydrogen) atoms. The van der Waals surface area contributed by atoms with Crippen LogP contribution in [0.25, 0.3) is 0 Å². The van der Waals surface area contributed by atoms with Crippen LogP contribution < -0.4 is 9.46 Å². The number of Topliss-reactive ketones (excluding diaryl/α,β-unsaturated/α-hetero) is 1. The summed E-state index contributed by atoms with van der Waals surface area (Å²) in [6, 6.07) is 6.08. The zero-order valence-corrected chi connectivity index (χ0v) is 10.9. The van der Waals surface area contributed by atoms with Gasteiger partial charge in [0.15, 0.2) is 0 Å². The molecule has 8 heteroatoms. The number of hydrogen-bond donors (Lipinski definition) is 1. The Morgan fingerprint density at radius 1 is 1.28 bits per heavy atom. The van der Waals surface area contributed by atoms with E-state index in [2.05, 4.69) is 4.74 Å². The standard InChI is InChI=1S/C10H10ClNO5S/c1-7(13)6-8-2-4-9(5-3-8)17-10(14)12-18(11,15)16/h2-5H,6H2,1H3,(H,12,14). The molecule has 0 aliphatic rings. The smallest absolute Gasteiger partial charge is 0.410 e. The van der Waals surface area contributed by atoms with Gasteiger partial charge in [-0.15, -0.1) is 0 Å². The van der Waals surface area contributed by atoms with Crippen LogP contribution in [0.1, 0.15) is 12.5 Å². The average molecular weight is 292 g/mol. The van der Waals surface area contributed by atoms with Crippen LogP contribution in [0, 0.1) is 0 Å². The van der Waals surface area contributed by atoms with Crippen molar-refractivity contribution in [3.8, 4) is 5.75 Å². The molecule has 1 amide bonds. The van der Waals surface area contributed by atoms with E-state index in [-0.39, 0.29) is 18.0 Å². The maximum atomic E-state index is 11.0. The third kappa shape index (κ3) is 5.65. The van der Waals surface area contributed by atoms with Crippen LogP contribution in [0.15, 0.2) is 24.3 Å². The Kier molecular flexibility index (Phi) is 4.69. The number of rotatable bonds is 4. The van der Waals surface area contributed by atoms with Crippen LogP contribution in [-0.4, -0.2) is 20.3 Å². The quantitative estimate of drug-likeness (QED) is 0.847. The van der Waals surface area contributed by atoms with Crippen molar-refractivity contribution in [2.75, 3.05) is 0 Å². The normalized spacial score (nSPS) is 10.8. The minimum atomic E-state index is -4.16. The van der Waals surface area contributed by atoms with Gasteiger partial charge in [-0.2, -0.15) is 8.42 Å². The van der Waals surface area contributed by atoms with Crippen molar-refractivity contribution in [2.24, 2.45) is 0 Å². The lowest BCUT2D eigenvalue weighted by molar-refractivity contribution is -0.116. The molecule has 0 aromatic heterocycles. The molecule has 0 aliphatic heterocycles. The van der Waals surface area contributed by atoms with Gasteiger partial charge in [0.2, 0.25) is 0 Å². The summed E-state index contributed by atoms with van der Waals surface area (Å²) in [6.07, 6.45) is -0.924. The van der Waals surface area contributed by atoms with E-state index in [4.69, 9.17) is 10.7 Å². The Bertz CT molecular complexity index is 552. The Hall–Kier alpha value is -1.60. The fourth-order valence-corrected chi connectivity index (χ4v) is 1.62. The molecular weight excluding hydrogens is 282 g/mol. The topological polar surface area (TPSA) is 89.5 Å². The third-order valence-electron chi connectivity index (χ3n) is 1.79. The first-order valence-electron chi connectivity index (χ1n) is 4.79. The number of nitrogens with one attached hydrogen (secondary N) is 1. The number of benzene rings is 1. The summed E-state index contributed by atoms with van der Waals surface area (Å²) < 4.78 is 27.1. The Labute approximate surface area is 108 Å². The molecule has 0 heterocycles. The molecule has 0 saturated carbocycles. The minimum absolute atomic E-state index is 0.00893. The van der Waals surface area contributed by atoms with Crippen molar-refractivity contribution in [1.82, 2.24) is 4.72 Å². The maximum Gasteiger partial charge on any atom is 0.427 e. The van der Waals surface area contributed by atoms with Crippen molar-refractivity contribution in [2.45, 2.75) is 13.3 Å². The summed E-state index contributed by atoms with van der Waals surface area (Å²) in [5.41, 5.74) is 0.764. The van der Waals surface area contributed by atoms with Gasteiger partial charge >= 0.3 is 15.3 Å². The first kappa shape index (κ1) is 14.5. The van der Waals surface area contributed by atoms with E-state index in [9.17, 15) is 18.0 Å².